The first kappa shape index (κ1) is 11.3. The SMILES string of the molecule is CCOP(C)(=O)c1cccc2cnccc12. The minimum Gasteiger partial charge on any atom is -0.326 e. The number of rotatable bonds is 3. The van der Waals surface area contributed by atoms with Gasteiger partial charge in [0.05, 0.1) is 6.61 Å². The minimum absolute atomic E-state index is 0.454. The lowest BCUT2D eigenvalue weighted by Crippen LogP contribution is -2.07. The molecule has 0 saturated heterocycles. The molecule has 0 spiro atoms. The van der Waals surface area contributed by atoms with Gasteiger partial charge in [-0.2, -0.15) is 0 Å². The second-order valence-corrected chi connectivity index (χ2v) is 6.07. The maximum absolute atomic E-state index is 12.4. The Kier molecular flexibility index (Phi) is 3.08. The fourth-order valence-corrected chi connectivity index (χ4v) is 3.41. The maximum atomic E-state index is 12.4. The lowest BCUT2D eigenvalue weighted by atomic mass is 10.2. The molecule has 1 atom stereocenters. The van der Waals surface area contributed by atoms with Crippen LogP contribution in [0, 0.1) is 0 Å². The molecule has 1 aromatic carbocycles. The molecule has 4 heteroatoms. The molecular weight excluding hydrogens is 221 g/mol. The lowest BCUT2D eigenvalue weighted by Gasteiger charge is -2.14. The van der Waals surface area contributed by atoms with Crippen molar-refractivity contribution in [3.63, 3.8) is 0 Å². The van der Waals surface area contributed by atoms with Crippen LogP contribution in [0.1, 0.15) is 6.92 Å². The van der Waals surface area contributed by atoms with Gasteiger partial charge in [0.1, 0.15) is 0 Å². The van der Waals surface area contributed by atoms with E-state index in [4.69, 9.17) is 4.52 Å². The van der Waals surface area contributed by atoms with Gasteiger partial charge < -0.3 is 4.52 Å². The zero-order valence-electron chi connectivity index (χ0n) is 9.38. The maximum Gasteiger partial charge on any atom is 0.229 e. The van der Waals surface area contributed by atoms with Crippen molar-refractivity contribution < 1.29 is 9.09 Å². The third-order valence-corrected chi connectivity index (χ3v) is 4.49. The molecule has 0 aliphatic heterocycles. The van der Waals surface area contributed by atoms with Crippen molar-refractivity contribution in [1.29, 1.82) is 0 Å². The van der Waals surface area contributed by atoms with Crippen LogP contribution in [-0.2, 0) is 9.09 Å². The van der Waals surface area contributed by atoms with Crippen molar-refractivity contribution in [3.05, 3.63) is 36.7 Å². The van der Waals surface area contributed by atoms with Gasteiger partial charge >= 0.3 is 0 Å². The average Bonchev–Trinajstić information content (AvgIpc) is 2.28. The summed E-state index contributed by atoms with van der Waals surface area (Å²) in [6.07, 6.45) is 3.47. The Hall–Kier alpha value is -1.18. The molecule has 2 rings (SSSR count). The summed E-state index contributed by atoms with van der Waals surface area (Å²) in [6, 6.07) is 7.57. The second-order valence-electron chi connectivity index (χ2n) is 3.64. The van der Waals surface area contributed by atoms with Gasteiger partial charge in [0.2, 0.25) is 7.37 Å². The molecule has 16 heavy (non-hydrogen) atoms. The van der Waals surface area contributed by atoms with Crippen molar-refractivity contribution in [2.45, 2.75) is 6.92 Å². The number of aromatic nitrogens is 1. The summed E-state index contributed by atoms with van der Waals surface area (Å²) < 4.78 is 17.7. The van der Waals surface area contributed by atoms with Crippen LogP contribution < -0.4 is 5.30 Å². The molecule has 0 aliphatic rings. The summed E-state index contributed by atoms with van der Waals surface area (Å²) in [7, 11) is -2.72. The normalized spacial score (nSPS) is 14.9. The molecule has 2 aromatic rings. The molecule has 1 heterocycles. The van der Waals surface area contributed by atoms with Crippen LogP contribution in [0.2, 0.25) is 0 Å². The first-order valence-corrected chi connectivity index (χ1v) is 7.27. The highest BCUT2D eigenvalue weighted by Crippen LogP contribution is 2.42. The third kappa shape index (κ3) is 2.01. The second kappa shape index (κ2) is 4.36. The highest BCUT2D eigenvalue weighted by molar-refractivity contribution is 7.66. The molecule has 0 bridgehead atoms. The van der Waals surface area contributed by atoms with Gasteiger partial charge in [-0.3, -0.25) is 9.55 Å². The molecule has 0 saturated carbocycles. The molecule has 0 N–H and O–H groups in total. The fraction of sp³-hybridized carbons (Fsp3) is 0.250. The van der Waals surface area contributed by atoms with Gasteiger partial charge in [-0.25, -0.2) is 0 Å². The minimum atomic E-state index is -2.72. The summed E-state index contributed by atoms with van der Waals surface area (Å²) in [5, 5.41) is 2.72. The number of hydrogen-bond acceptors (Lipinski definition) is 3. The van der Waals surface area contributed by atoms with E-state index in [0.29, 0.717) is 6.61 Å². The standard InChI is InChI=1S/C12H14NO2P/c1-3-15-16(2,14)12-6-4-5-10-9-13-8-7-11(10)12/h4-9H,3H2,1-2H3. The van der Waals surface area contributed by atoms with Crippen LogP contribution in [0.5, 0.6) is 0 Å². The summed E-state index contributed by atoms with van der Waals surface area (Å²) in [5.41, 5.74) is 0. The zero-order valence-corrected chi connectivity index (χ0v) is 10.3. The quantitative estimate of drug-likeness (QED) is 0.768. The number of benzene rings is 1. The van der Waals surface area contributed by atoms with Gasteiger partial charge in [0, 0.05) is 29.7 Å². The van der Waals surface area contributed by atoms with Crippen LogP contribution in [0.3, 0.4) is 0 Å². The van der Waals surface area contributed by atoms with Crippen molar-refractivity contribution in [2.24, 2.45) is 0 Å². The van der Waals surface area contributed by atoms with Gasteiger partial charge in [-0.15, -0.1) is 0 Å². The van der Waals surface area contributed by atoms with E-state index in [1.807, 2.05) is 31.2 Å². The Morgan fingerprint density at radius 2 is 2.19 bits per heavy atom. The molecule has 0 fully saturated rings. The first-order chi connectivity index (χ1) is 7.65. The third-order valence-electron chi connectivity index (χ3n) is 2.47. The Morgan fingerprint density at radius 1 is 1.38 bits per heavy atom. The topological polar surface area (TPSA) is 39.2 Å². The summed E-state index contributed by atoms with van der Waals surface area (Å²) in [4.78, 5) is 4.05. The smallest absolute Gasteiger partial charge is 0.229 e. The van der Waals surface area contributed by atoms with E-state index in [-0.39, 0.29) is 0 Å². The molecule has 0 radical (unpaired) electrons. The number of hydrogen-bond donors (Lipinski definition) is 0. The molecule has 1 unspecified atom stereocenters. The molecule has 3 nitrogen and oxygen atoms in total. The van der Waals surface area contributed by atoms with E-state index >= 15 is 0 Å². The van der Waals surface area contributed by atoms with Crippen molar-refractivity contribution >= 4 is 23.4 Å². The monoisotopic (exact) mass is 235 g/mol. The Balaban J connectivity index is 2.65. The Labute approximate surface area is 94.9 Å². The number of pyridine rings is 1. The number of fused-ring (bicyclic) bond motifs is 1. The molecule has 0 amide bonds. The average molecular weight is 235 g/mol. The number of nitrogens with zero attached hydrogens (tertiary/aromatic N) is 1. The van der Waals surface area contributed by atoms with Crippen LogP contribution >= 0.6 is 7.37 Å². The van der Waals surface area contributed by atoms with E-state index in [1.54, 1.807) is 19.1 Å². The summed E-state index contributed by atoms with van der Waals surface area (Å²) in [5.74, 6) is 0. The zero-order chi connectivity index (χ0) is 11.6. The van der Waals surface area contributed by atoms with Gasteiger partial charge in [0.25, 0.3) is 0 Å². The van der Waals surface area contributed by atoms with E-state index in [9.17, 15) is 4.57 Å². The van der Waals surface area contributed by atoms with Crippen LogP contribution in [0.15, 0.2) is 36.7 Å². The van der Waals surface area contributed by atoms with Gasteiger partial charge in [0.15, 0.2) is 0 Å². The largest absolute Gasteiger partial charge is 0.326 e. The highest BCUT2D eigenvalue weighted by atomic mass is 31.2. The van der Waals surface area contributed by atoms with Crippen LogP contribution in [0.4, 0.5) is 0 Å². The van der Waals surface area contributed by atoms with Crippen molar-refractivity contribution in [1.82, 2.24) is 4.98 Å². The van der Waals surface area contributed by atoms with E-state index < -0.39 is 7.37 Å². The molecular formula is C12H14NO2P. The molecule has 0 aliphatic carbocycles. The predicted molar refractivity (Wildman–Crippen MR) is 66.5 cm³/mol. The van der Waals surface area contributed by atoms with E-state index in [2.05, 4.69) is 4.98 Å². The van der Waals surface area contributed by atoms with Crippen LogP contribution in [0.25, 0.3) is 10.8 Å². The predicted octanol–water partition coefficient (Wildman–Crippen LogP) is 2.80. The summed E-state index contributed by atoms with van der Waals surface area (Å²) in [6.45, 7) is 3.96. The van der Waals surface area contributed by atoms with E-state index in [0.717, 1.165) is 16.1 Å². The Morgan fingerprint density at radius 3 is 2.94 bits per heavy atom. The Bertz CT molecular complexity index is 548. The summed E-state index contributed by atoms with van der Waals surface area (Å²) >= 11 is 0. The van der Waals surface area contributed by atoms with E-state index in [1.165, 1.54) is 0 Å². The molecule has 84 valence electrons. The van der Waals surface area contributed by atoms with Crippen LogP contribution in [-0.4, -0.2) is 18.3 Å². The highest BCUT2D eigenvalue weighted by Gasteiger charge is 2.20. The van der Waals surface area contributed by atoms with Crippen molar-refractivity contribution in [2.75, 3.05) is 13.3 Å². The lowest BCUT2D eigenvalue weighted by molar-refractivity contribution is 0.345. The van der Waals surface area contributed by atoms with Gasteiger partial charge in [-0.05, 0) is 24.4 Å². The fourth-order valence-electron chi connectivity index (χ4n) is 1.78. The van der Waals surface area contributed by atoms with Crippen molar-refractivity contribution in [3.8, 4) is 0 Å². The molecule has 1 aromatic heterocycles. The van der Waals surface area contributed by atoms with Gasteiger partial charge in [-0.1, -0.05) is 12.1 Å². The first-order valence-electron chi connectivity index (χ1n) is 5.20.